The van der Waals surface area contributed by atoms with E-state index < -0.39 is 11.9 Å². The fourth-order valence-corrected chi connectivity index (χ4v) is 3.78. The van der Waals surface area contributed by atoms with Crippen molar-refractivity contribution < 1.29 is 24.5 Å². The molecule has 0 aliphatic rings. The van der Waals surface area contributed by atoms with Crippen LogP contribution >= 0.6 is 0 Å². The third-order valence-electron chi connectivity index (χ3n) is 5.30. The third-order valence-corrected chi connectivity index (χ3v) is 5.30. The van der Waals surface area contributed by atoms with Crippen LogP contribution < -0.4 is 4.74 Å². The van der Waals surface area contributed by atoms with Crippen molar-refractivity contribution in [2.75, 3.05) is 0 Å². The molecular formula is C26H42O5. The first-order chi connectivity index (χ1) is 14.7. The second-order valence-corrected chi connectivity index (χ2v) is 9.43. The smallest absolute Gasteiger partial charge is 0.303 e. The minimum absolute atomic E-state index is 0.242. The van der Waals surface area contributed by atoms with E-state index in [4.69, 9.17) is 14.9 Å². The molecule has 0 fully saturated rings. The van der Waals surface area contributed by atoms with E-state index in [-0.39, 0.29) is 18.4 Å². The highest BCUT2D eigenvalue weighted by atomic mass is 16.5. The summed E-state index contributed by atoms with van der Waals surface area (Å²) in [5.74, 6) is -0.431. The summed E-state index contributed by atoms with van der Waals surface area (Å²) in [7, 11) is 0. The summed E-state index contributed by atoms with van der Waals surface area (Å²) >= 11 is 0. The number of aliphatic carboxylic acids is 2. The molecule has 0 aliphatic heterocycles. The Kier molecular flexibility index (Phi) is 13.0. The Bertz CT molecular complexity index is 660. The fourth-order valence-electron chi connectivity index (χ4n) is 3.78. The number of ether oxygens (including phenoxy) is 1. The van der Waals surface area contributed by atoms with Gasteiger partial charge in [0.05, 0.1) is 0 Å². The van der Waals surface area contributed by atoms with Gasteiger partial charge in [-0.25, -0.2) is 0 Å². The Hall–Kier alpha value is -2.04. The van der Waals surface area contributed by atoms with Gasteiger partial charge in [-0.15, -0.1) is 0 Å². The van der Waals surface area contributed by atoms with E-state index in [1.54, 1.807) is 0 Å². The van der Waals surface area contributed by atoms with Gasteiger partial charge in [-0.05, 0) is 76.5 Å². The summed E-state index contributed by atoms with van der Waals surface area (Å²) in [6.07, 6.45) is 12.6. The van der Waals surface area contributed by atoms with Crippen molar-refractivity contribution in [1.82, 2.24) is 0 Å². The van der Waals surface area contributed by atoms with Crippen molar-refractivity contribution in [2.45, 2.75) is 116 Å². The van der Waals surface area contributed by atoms with Crippen LogP contribution in [-0.4, -0.2) is 27.8 Å². The fraction of sp³-hybridized carbons (Fsp3) is 0.692. The Morgan fingerprint density at radius 2 is 1.23 bits per heavy atom. The molecular weight excluding hydrogens is 392 g/mol. The molecule has 1 rings (SSSR count). The van der Waals surface area contributed by atoms with E-state index in [1.165, 1.54) is 11.1 Å². The molecule has 0 radical (unpaired) electrons. The Labute approximate surface area is 188 Å². The monoisotopic (exact) mass is 434 g/mol. The number of unbranched alkanes of at least 4 members (excludes halogenated alkanes) is 8. The molecule has 0 saturated heterocycles. The Morgan fingerprint density at radius 3 is 1.74 bits per heavy atom. The van der Waals surface area contributed by atoms with Crippen LogP contribution in [0.25, 0.3) is 0 Å². The highest BCUT2D eigenvalue weighted by molar-refractivity contribution is 5.66. The highest BCUT2D eigenvalue weighted by Crippen LogP contribution is 2.29. The zero-order valence-electron chi connectivity index (χ0n) is 19.8. The molecule has 1 aromatic rings. The maximum absolute atomic E-state index is 10.6. The lowest BCUT2D eigenvalue weighted by Gasteiger charge is -2.25. The van der Waals surface area contributed by atoms with Gasteiger partial charge in [0, 0.05) is 12.8 Å². The normalized spacial score (nSPS) is 11.5. The van der Waals surface area contributed by atoms with Gasteiger partial charge in [-0.3, -0.25) is 9.59 Å². The van der Waals surface area contributed by atoms with Crippen LogP contribution in [0.4, 0.5) is 0 Å². The topological polar surface area (TPSA) is 83.8 Å². The summed E-state index contributed by atoms with van der Waals surface area (Å²) in [5.41, 5.74) is 2.43. The second kappa shape index (κ2) is 14.9. The van der Waals surface area contributed by atoms with Gasteiger partial charge in [-0.1, -0.05) is 50.7 Å². The van der Waals surface area contributed by atoms with Crippen LogP contribution in [-0.2, 0) is 22.4 Å². The molecule has 5 heteroatoms. The lowest BCUT2D eigenvalue weighted by Crippen LogP contribution is -2.24. The number of aryl methyl sites for hydroxylation is 1. The summed E-state index contributed by atoms with van der Waals surface area (Å²) in [6.45, 7) is 6.22. The minimum Gasteiger partial charge on any atom is -0.488 e. The molecule has 0 aromatic heterocycles. The van der Waals surface area contributed by atoms with Crippen LogP contribution in [0.5, 0.6) is 5.75 Å². The zero-order valence-corrected chi connectivity index (χ0v) is 19.8. The first-order valence-electron chi connectivity index (χ1n) is 11.9. The average Bonchev–Trinajstić information content (AvgIpc) is 2.66. The minimum atomic E-state index is -0.709. The molecule has 0 saturated carbocycles. The lowest BCUT2D eigenvalue weighted by molar-refractivity contribution is -0.138. The predicted octanol–water partition coefficient (Wildman–Crippen LogP) is 6.80. The van der Waals surface area contributed by atoms with Gasteiger partial charge < -0.3 is 14.9 Å². The van der Waals surface area contributed by atoms with Gasteiger partial charge in [0.25, 0.3) is 0 Å². The molecule has 0 bridgehead atoms. The molecule has 0 unspecified atom stereocenters. The predicted molar refractivity (Wildman–Crippen MR) is 125 cm³/mol. The van der Waals surface area contributed by atoms with E-state index >= 15 is 0 Å². The van der Waals surface area contributed by atoms with Crippen LogP contribution in [0.2, 0.25) is 0 Å². The van der Waals surface area contributed by atoms with E-state index in [0.29, 0.717) is 0 Å². The van der Waals surface area contributed by atoms with Crippen molar-refractivity contribution in [3.05, 3.63) is 29.3 Å². The van der Waals surface area contributed by atoms with Gasteiger partial charge in [0.1, 0.15) is 11.4 Å². The third kappa shape index (κ3) is 13.8. The number of carbonyl (C=O) groups is 2. The Balaban J connectivity index is 2.56. The van der Waals surface area contributed by atoms with Crippen molar-refractivity contribution in [3.63, 3.8) is 0 Å². The molecule has 1 aromatic carbocycles. The second-order valence-electron chi connectivity index (χ2n) is 9.43. The van der Waals surface area contributed by atoms with E-state index in [1.807, 2.05) is 0 Å². The largest absolute Gasteiger partial charge is 0.488 e. The van der Waals surface area contributed by atoms with E-state index in [2.05, 4.69) is 39.0 Å². The van der Waals surface area contributed by atoms with Gasteiger partial charge in [-0.2, -0.15) is 0 Å². The number of carboxylic acids is 2. The average molecular weight is 435 g/mol. The lowest BCUT2D eigenvalue weighted by atomic mass is 9.95. The van der Waals surface area contributed by atoms with Crippen molar-refractivity contribution in [2.24, 2.45) is 0 Å². The summed E-state index contributed by atoms with van der Waals surface area (Å²) in [6, 6.07) is 6.36. The van der Waals surface area contributed by atoms with Gasteiger partial charge >= 0.3 is 11.9 Å². The number of benzene rings is 1. The molecule has 0 heterocycles. The molecule has 0 atom stereocenters. The quantitative estimate of drug-likeness (QED) is 0.263. The molecule has 2 N–H and O–H groups in total. The standard InChI is InChI=1S/C26H42O5/c1-26(2,3)31-23-18-14-16-21(15-10-6-4-8-12-19-24(27)28)22(23)17-11-7-5-9-13-20-25(29)30/h14,16,18H,4-13,15,17,19-20H2,1-3H3,(H,27,28)(H,29,30). The van der Waals surface area contributed by atoms with E-state index in [0.717, 1.165) is 82.8 Å². The van der Waals surface area contributed by atoms with Crippen LogP contribution in [0.15, 0.2) is 18.2 Å². The summed E-state index contributed by atoms with van der Waals surface area (Å²) < 4.78 is 6.26. The van der Waals surface area contributed by atoms with Crippen LogP contribution in [0.3, 0.4) is 0 Å². The van der Waals surface area contributed by atoms with Crippen molar-refractivity contribution >= 4 is 11.9 Å². The van der Waals surface area contributed by atoms with Crippen molar-refractivity contribution in [3.8, 4) is 5.75 Å². The number of rotatable bonds is 17. The maximum atomic E-state index is 10.6. The molecule has 31 heavy (non-hydrogen) atoms. The first kappa shape index (κ1) is 27.0. The van der Waals surface area contributed by atoms with Crippen molar-refractivity contribution in [1.29, 1.82) is 0 Å². The van der Waals surface area contributed by atoms with Crippen LogP contribution in [0.1, 0.15) is 109 Å². The number of hydrogen-bond donors (Lipinski definition) is 2. The molecule has 0 spiro atoms. The van der Waals surface area contributed by atoms with E-state index in [9.17, 15) is 9.59 Å². The summed E-state index contributed by atoms with van der Waals surface area (Å²) in [4.78, 5) is 21.2. The molecule has 0 amide bonds. The van der Waals surface area contributed by atoms with Gasteiger partial charge in [0.2, 0.25) is 0 Å². The highest BCUT2D eigenvalue weighted by Gasteiger charge is 2.16. The zero-order chi connectivity index (χ0) is 23.1. The first-order valence-corrected chi connectivity index (χ1v) is 11.9. The molecule has 0 aliphatic carbocycles. The molecule has 176 valence electrons. The molecule has 5 nitrogen and oxygen atoms in total. The van der Waals surface area contributed by atoms with Crippen LogP contribution in [0, 0.1) is 0 Å². The summed E-state index contributed by atoms with van der Waals surface area (Å²) in [5, 5.41) is 17.5. The van der Waals surface area contributed by atoms with Gasteiger partial charge in [0.15, 0.2) is 0 Å². The SMILES string of the molecule is CC(C)(C)Oc1cccc(CCCCCCCC(=O)O)c1CCCCCCCC(=O)O. The Morgan fingerprint density at radius 1 is 0.742 bits per heavy atom. The number of hydrogen-bond acceptors (Lipinski definition) is 3. The maximum Gasteiger partial charge on any atom is 0.303 e. The number of carboxylic acid groups (broad SMARTS) is 2.